The summed E-state index contributed by atoms with van der Waals surface area (Å²) < 4.78 is 0. The second-order valence-corrected chi connectivity index (χ2v) is 5.71. The molecule has 0 amide bonds. The van der Waals surface area contributed by atoms with Gasteiger partial charge in [-0.15, -0.1) is 0 Å². The zero-order valence-corrected chi connectivity index (χ0v) is 13.4. The number of rotatable bonds is 6. The van der Waals surface area contributed by atoms with Gasteiger partial charge < -0.3 is 11.5 Å². The normalized spacial score (nSPS) is 10.7. The fraction of sp³-hybridized carbons (Fsp3) is 0.316. The Kier molecular flexibility index (Phi) is 5.59. The maximum absolute atomic E-state index is 5.41. The van der Waals surface area contributed by atoms with Crippen molar-refractivity contribution in [3.63, 3.8) is 0 Å². The van der Waals surface area contributed by atoms with Crippen molar-refractivity contribution >= 4 is 5.96 Å². The SMILES string of the molecule is Cc1ccccc1C(CCCN=C(N)N)c1ccccc1C. The van der Waals surface area contributed by atoms with Gasteiger partial charge in [-0.1, -0.05) is 48.5 Å². The molecule has 2 rings (SSSR count). The Hall–Kier alpha value is -2.29. The molecule has 0 fully saturated rings. The summed E-state index contributed by atoms with van der Waals surface area (Å²) in [6.07, 6.45) is 2.00. The molecule has 0 heterocycles. The Labute approximate surface area is 133 Å². The predicted molar refractivity (Wildman–Crippen MR) is 94.1 cm³/mol. The van der Waals surface area contributed by atoms with Crippen LogP contribution in [0.3, 0.4) is 0 Å². The third-order valence-electron chi connectivity index (χ3n) is 4.07. The summed E-state index contributed by atoms with van der Waals surface area (Å²) in [6.45, 7) is 5.03. The summed E-state index contributed by atoms with van der Waals surface area (Å²) >= 11 is 0. The van der Waals surface area contributed by atoms with Crippen molar-refractivity contribution in [1.29, 1.82) is 0 Å². The molecule has 0 radical (unpaired) electrons. The molecule has 0 atom stereocenters. The summed E-state index contributed by atoms with van der Waals surface area (Å²) in [7, 11) is 0. The van der Waals surface area contributed by atoms with Crippen LogP contribution in [0.25, 0.3) is 0 Å². The van der Waals surface area contributed by atoms with Gasteiger partial charge in [0.1, 0.15) is 0 Å². The van der Waals surface area contributed by atoms with Crippen molar-refractivity contribution in [2.45, 2.75) is 32.6 Å². The quantitative estimate of drug-likeness (QED) is 0.487. The minimum absolute atomic E-state index is 0.170. The maximum atomic E-state index is 5.41. The lowest BCUT2D eigenvalue weighted by atomic mass is 9.83. The van der Waals surface area contributed by atoms with E-state index in [1.54, 1.807) is 0 Å². The van der Waals surface area contributed by atoms with Crippen molar-refractivity contribution in [2.24, 2.45) is 16.5 Å². The van der Waals surface area contributed by atoms with E-state index < -0.39 is 0 Å². The fourth-order valence-electron chi connectivity index (χ4n) is 2.94. The zero-order chi connectivity index (χ0) is 15.9. The molecule has 0 saturated carbocycles. The van der Waals surface area contributed by atoms with Crippen molar-refractivity contribution in [1.82, 2.24) is 0 Å². The van der Waals surface area contributed by atoms with Crippen LogP contribution >= 0.6 is 0 Å². The molecule has 0 aromatic heterocycles. The first-order chi connectivity index (χ1) is 10.6. The van der Waals surface area contributed by atoms with Gasteiger partial charge in [0.2, 0.25) is 0 Å². The molecule has 0 unspecified atom stereocenters. The van der Waals surface area contributed by atoms with Crippen LogP contribution < -0.4 is 11.5 Å². The molecule has 3 nitrogen and oxygen atoms in total. The highest BCUT2D eigenvalue weighted by molar-refractivity contribution is 5.75. The third-order valence-corrected chi connectivity index (χ3v) is 4.07. The standard InChI is InChI=1S/C19H25N3/c1-14-8-3-5-10-16(14)18(12-7-13-22-19(20)21)17-11-6-4-9-15(17)2/h3-6,8-11,18H,7,12-13H2,1-2H3,(H4,20,21,22). The van der Waals surface area contributed by atoms with Gasteiger partial charge in [0.25, 0.3) is 0 Å². The molecule has 0 bridgehead atoms. The second-order valence-electron chi connectivity index (χ2n) is 5.71. The molecule has 4 N–H and O–H groups in total. The number of benzene rings is 2. The van der Waals surface area contributed by atoms with Gasteiger partial charge >= 0.3 is 0 Å². The molecule has 0 saturated heterocycles. The van der Waals surface area contributed by atoms with E-state index in [-0.39, 0.29) is 5.96 Å². The summed E-state index contributed by atoms with van der Waals surface area (Å²) in [5, 5.41) is 0. The summed E-state index contributed by atoms with van der Waals surface area (Å²) in [4.78, 5) is 4.10. The van der Waals surface area contributed by atoms with Crippen molar-refractivity contribution in [2.75, 3.05) is 6.54 Å². The smallest absolute Gasteiger partial charge is 0.185 e. The van der Waals surface area contributed by atoms with Gasteiger partial charge in [0.15, 0.2) is 5.96 Å². The lowest BCUT2D eigenvalue weighted by molar-refractivity contribution is 0.664. The van der Waals surface area contributed by atoms with E-state index >= 15 is 0 Å². The van der Waals surface area contributed by atoms with Gasteiger partial charge in [-0.3, -0.25) is 4.99 Å². The first-order valence-corrected chi connectivity index (χ1v) is 7.76. The molecule has 116 valence electrons. The topological polar surface area (TPSA) is 64.4 Å². The third kappa shape index (κ3) is 4.10. The number of guanidine groups is 1. The van der Waals surface area contributed by atoms with Crippen LogP contribution in [-0.4, -0.2) is 12.5 Å². The van der Waals surface area contributed by atoms with E-state index in [9.17, 15) is 0 Å². The second kappa shape index (κ2) is 7.64. The average Bonchev–Trinajstić information content (AvgIpc) is 2.49. The number of nitrogens with zero attached hydrogens (tertiary/aromatic N) is 1. The van der Waals surface area contributed by atoms with Gasteiger partial charge in [-0.25, -0.2) is 0 Å². The van der Waals surface area contributed by atoms with Crippen LogP contribution in [0.1, 0.15) is 41.0 Å². The van der Waals surface area contributed by atoms with Crippen molar-refractivity contribution in [3.8, 4) is 0 Å². The minimum atomic E-state index is 0.170. The Morgan fingerprint density at radius 1 is 0.909 bits per heavy atom. The highest BCUT2D eigenvalue weighted by Crippen LogP contribution is 2.33. The molecule has 0 aliphatic carbocycles. The zero-order valence-electron chi connectivity index (χ0n) is 13.4. The van der Waals surface area contributed by atoms with Crippen molar-refractivity contribution in [3.05, 3.63) is 70.8 Å². The van der Waals surface area contributed by atoms with E-state index in [0.29, 0.717) is 12.5 Å². The molecular formula is C19H25N3. The number of aryl methyl sites for hydroxylation is 2. The number of hydrogen-bond donors (Lipinski definition) is 2. The molecule has 2 aromatic rings. The monoisotopic (exact) mass is 295 g/mol. The maximum Gasteiger partial charge on any atom is 0.185 e. The Bertz CT molecular complexity index is 597. The van der Waals surface area contributed by atoms with Crippen LogP contribution in [-0.2, 0) is 0 Å². The van der Waals surface area contributed by atoms with Crippen LogP contribution in [0.5, 0.6) is 0 Å². The van der Waals surface area contributed by atoms with Crippen LogP contribution in [0, 0.1) is 13.8 Å². The lowest BCUT2D eigenvalue weighted by Gasteiger charge is -2.21. The summed E-state index contributed by atoms with van der Waals surface area (Å²) in [6, 6.07) is 17.2. The van der Waals surface area contributed by atoms with E-state index in [0.717, 1.165) is 12.8 Å². The predicted octanol–water partition coefficient (Wildman–Crippen LogP) is 3.49. The minimum Gasteiger partial charge on any atom is -0.370 e. The highest BCUT2D eigenvalue weighted by atomic mass is 15.0. The first-order valence-electron chi connectivity index (χ1n) is 7.76. The van der Waals surface area contributed by atoms with E-state index in [2.05, 4.69) is 67.4 Å². The molecular weight excluding hydrogens is 270 g/mol. The van der Waals surface area contributed by atoms with Crippen LogP contribution in [0.2, 0.25) is 0 Å². The molecule has 0 aliphatic heterocycles. The van der Waals surface area contributed by atoms with E-state index in [1.807, 2.05) is 0 Å². The lowest BCUT2D eigenvalue weighted by Crippen LogP contribution is -2.23. The Balaban J connectivity index is 2.27. The molecule has 0 spiro atoms. The van der Waals surface area contributed by atoms with E-state index in [1.165, 1.54) is 22.3 Å². The first kappa shape index (κ1) is 16.1. The highest BCUT2D eigenvalue weighted by Gasteiger charge is 2.17. The number of hydrogen-bond acceptors (Lipinski definition) is 1. The summed E-state index contributed by atoms with van der Waals surface area (Å²) in [5.74, 6) is 0.555. The average molecular weight is 295 g/mol. The van der Waals surface area contributed by atoms with Gasteiger partial charge in [0.05, 0.1) is 0 Å². The summed E-state index contributed by atoms with van der Waals surface area (Å²) in [5.41, 5.74) is 16.3. The van der Waals surface area contributed by atoms with Gasteiger partial charge in [-0.2, -0.15) is 0 Å². The fourth-order valence-corrected chi connectivity index (χ4v) is 2.94. The molecule has 22 heavy (non-hydrogen) atoms. The van der Waals surface area contributed by atoms with Gasteiger partial charge in [-0.05, 0) is 48.9 Å². The van der Waals surface area contributed by atoms with Crippen molar-refractivity contribution < 1.29 is 0 Å². The molecule has 3 heteroatoms. The van der Waals surface area contributed by atoms with Gasteiger partial charge in [0, 0.05) is 12.5 Å². The number of nitrogens with two attached hydrogens (primary N) is 2. The van der Waals surface area contributed by atoms with E-state index in [4.69, 9.17) is 11.5 Å². The number of aliphatic imine (C=N–C) groups is 1. The molecule has 2 aromatic carbocycles. The Morgan fingerprint density at radius 3 is 1.86 bits per heavy atom. The largest absolute Gasteiger partial charge is 0.370 e. The van der Waals surface area contributed by atoms with Crippen LogP contribution in [0.15, 0.2) is 53.5 Å². The Morgan fingerprint density at radius 2 is 1.41 bits per heavy atom. The molecule has 0 aliphatic rings. The van der Waals surface area contributed by atoms with Crippen LogP contribution in [0.4, 0.5) is 0 Å².